The lowest BCUT2D eigenvalue weighted by Gasteiger charge is -2.04. The summed E-state index contributed by atoms with van der Waals surface area (Å²) >= 11 is 0. The molecule has 1 N–H and O–H groups in total. The first-order chi connectivity index (χ1) is 6.83. The number of carboxylic acid groups (broad SMARTS) is 1. The van der Waals surface area contributed by atoms with Crippen molar-refractivity contribution in [1.82, 2.24) is 0 Å². The van der Waals surface area contributed by atoms with Gasteiger partial charge >= 0.3 is 5.97 Å². The summed E-state index contributed by atoms with van der Waals surface area (Å²) in [5.41, 5.74) is 0.112. The second-order valence-electron chi connectivity index (χ2n) is 3.23. The Bertz CT molecular complexity index is 432. The first-order valence-corrected chi connectivity index (χ1v) is 5.67. The van der Waals surface area contributed by atoms with Gasteiger partial charge in [-0.2, -0.15) is 12.8 Å². The summed E-state index contributed by atoms with van der Waals surface area (Å²) in [6.07, 6.45) is 0.942. The van der Waals surface area contributed by atoms with Crippen molar-refractivity contribution in [3.05, 3.63) is 11.0 Å². The van der Waals surface area contributed by atoms with Gasteiger partial charge in [-0.3, -0.25) is 0 Å². The molecule has 1 aliphatic heterocycles. The van der Waals surface area contributed by atoms with Gasteiger partial charge in [-0.15, -0.1) is 0 Å². The van der Waals surface area contributed by atoms with E-state index >= 15 is 0 Å². The van der Waals surface area contributed by atoms with Crippen molar-refractivity contribution in [3.63, 3.8) is 0 Å². The predicted molar refractivity (Wildman–Crippen MR) is 53.2 cm³/mol. The number of nitrogens with zero attached hydrogens (tertiary/aromatic N) is 1. The number of carboxylic acids is 1. The molecule has 0 aromatic rings. The zero-order chi connectivity index (χ0) is 11.6. The van der Waals surface area contributed by atoms with Gasteiger partial charge in [0.05, 0.1) is 18.4 Å². The summed E-state index contributed by atoms with van der Waals surface area (Å²) < 4.78 is 30.7. The molecule has 1 aliphatic rings. The van der Waals surface area contributed by atoms with E-state index in [0.717, 1.165) is 6.08 Å². The summed E-state index contributed by atoms with van der Waals surface area (Å²) in [4.78, 5) is 9.84. The zero-order valence-corrected chi connectivity index (χ0v) is 9.11. The highest BCUT2D eigenvalue weighted by Gasteiger charge is 2.30. The van der Waals surface area contributed by atoms with Crippen LogP contribution in [0.3, 0.4) is 0 Å². The maximum absolute atomic E-state index is 11.2. The van der Waals surface area contributed by atoms with Crippen molar-refractivity contribution in [1.29, 1.82) is 0 Å². The molecule has 0 aromatic heterocycles. The van der Waals surface area contributed by atoms with E-state index in [-0.39, 0.29) is 18.4 Å². The number of hydrogen-bond donors (Lipinski definition) is 1. The van der Waals surface area contributed by atoms with Crippen LogP contribution in [-0.4, -0.2) is 37.9 Å². The number of rotatable bonds is 4. The maximum atomic E-state index is 11.2. The molecule has 7 heteroatoms. The van der Waals surface area contributed by atoms with Crippen molar-refractivity contribution in [3.8, 4) is 0 Å². The molecular weight excluding hydrogens is 222 g/mol. The molecule has 84 valence electrons. The number of aliphatic carboxylic acids is 1. The van der Waals surface area contributed by atoms with Gasteiger partial charge in [-0.1, -0.05) is 0 Å². The fourth-order valence-electron chi connectivity index (χ4n) is 0.948. The molecule has 1 rings (SSSR count). The fraction of sp³-hybridized carbons (Fsp3) is 0.500. The maximum Gasteiger partial charge on any atom is 0.349 e. The van der Waals surface area contributed by atoms with Crippen LogP contribution in [0.4, 0.5) is 0 Å². The van der Waals surface area contributed by atoms with E-state index in [0.29, 0.717) is 0 Å². The number of ether oxygens (including phenoxy) is 1. The smallest absolute Gasteiger partial charge is 0.349 e. The predicted octanol–water partition coefficient (Wildman–Crippen LogP) is 0.164. The Morgan fingerprint density at radius 3 is 2.60 bits per heavy atom. The average molecular weight is 233 g/mol. The van der Waals surface area contributed by atoms with Crippen molar-refractivity contribution in [2.45, 2.75) is 20.0 Å². The molecule has 0 aliphatic carbocycles. The monoisotopic (exact) mass is 233 g/mol. The highest BCUT2D eigenvalue weighted by molar-refractivity contribution is 7.95. The van der Waals surface area contributed by atoms with Crippen LogP contribution in [0.25, 0.3) is 0 Å². The minimum atomic E-state index is -4.01. The molecule has 6 nitrogen and oxygen atoms in total. The number of hydrogen-bond acceptors (Lipinski definition) is 4. The summed E-state index contributed by atoms with van der Waals surface area (Å²) in [6, 6.07) is 0. The van der Waals surface area contributed by atoms with Crippen LogP contribution in [0.15, 0.2) is 15.4 Å². The van der Waals surface area contributed by atoms with Gasteiger partial charge in [0, 0.05) is 0 Å². The first kappa shape index (κ1) is 11.9. The van der Waals surface area contributed by atoms with Crippen molar-refractivity contribution in [2.24, 2.45) is 4.40 Å². The molecule has 15 heavy (non-hydrogen) atoms. The van der Waals surface area contributed by atoms with E-state index in [2.05, 4.69) is 4.40 Å². The van der Waals surface area contributed by atoms with Gasteiger partial charge in [0.1, 0.15) is 0 Å². The van der Waals surface area contributed by atoms with E-state index < -0.39 is 20.9 Å². The van der Waals surface area contributed by atoms with Gasteiger partial charge in [-0.25, -0.2) is 4.79 Å². The van der Waals surface area contributed by atoms with Crippen molar-refractivity contribution >= 4 is 21.7 Å². The standard InChI is InChI=1S/C8H11NO5S/c1-5(2)14-4-6-3-7(8(10)11)15(12,13)9-6/h3,5H,4H2,1-2H3,(H,10,11). The first-order valence-electron chi connectivity index (χ1n) is 4.23. The second kappa shape index (κ2) is 4.11. The number of carbonyl (C=O) groups is 1. The van der Waals surface area contributed by atoms with Gasteiger partial charge in [-0.05, 0) is 19.9 Å². The van der Waals surface area contributed by atoms with Crippen LogP contribution in [0, 0.1) is 0 Å². The minimum Gasteiger partial charge on any atom is -0.477 e. The van der Waals surface area contributed by atoms with Crippen LogP contribution in [0.1, 0.15) is 13.8 Å². The Morgan fingerprint density at radius 1 is 1.60 bits per heavy atom. The third kappa shape index (κ3) is 2.87. The minimum absolute atomic E-state index is 0.00627. The summed E-state index contributed by atoms with van der Waals surface area (Å²) in [5, 5.41) is 8.58. The van der Waals surface area contributed by atoms with Crippen LogP contribution in [-0.2, 0) is 19.6 Å². The molecule has 1 heterocycles. The molecular formula is C8H11NO5S. The highest BCUT2D eigenvalue weighted by Crippen LogP contribution is 2.17. The molecule has 0 fully saturated rings. The zero-order valence-electron chi connectivity index (χ0n) is 8.30. The Labute approximate surface area is 87.3 Å². The Balaban J connectivity index is 2.84. The van der Waals surface area contributed by atoms with Crippen molar-refractivity contribution < 1.29 is 23.1 Å². The molecule has 0 unspecified atom stereocenters. The number of sulfonamides is 1. The van der Waals surface area contributed by atoms with Gasteiger partial charge in [0.25, 0.3) is 10.0 Å². The third-order valence-corrected chi connectivity index (χ3v) is 2.91. The van der Waals surface area contributed by atoms with E-state index in [1.165, 1.54) is 0 Å². The lowest BCUT2D eigenvalue weighted by atomic mass is 10.3. The largest absolute Gasteiger partial charge is 0.477 e. The highest BCUT2D eigenvalue weighted by atomic mass is 32.2. The second-order valence-corrected chi connectivity index (χ2v) is 4.80. The third-order valence-electron chi connectivity index (χ3n) is 1.59. The van der Waals surface area contributed by atoms with Crippen molar-refractivity contribution in [2.75, 3.05) is 6.61 Å². The fourth-order valence-corrected chi connectivity index (χ4v) is 1.97. The molecule has 0 aromatic carbocycles. The Kier molecular flexibility index (Phi) is 3.25. The lowest BCUT2D eigenvalue weighted by molar-refractivity contribution is -0.131. The quantitative estimate of drug-likeness (QED) is 0.746. The van der Waals surface area contributed by atoms with Gasteiger partial charge in [0.2, 0.25) is 0 Å². The van der Waals surface area contributed by atoms with Crippen LogP contribution >= 0.6 is 0 Å². The normalized spacial score (nSPS) is 18.9. The van der Waals surface area contributed by atoms with E-state index in [1.807, 2.05) is 0 Å². The van der Waals surface area contributed by atoms with E-state index in [4.69, 9.17) is 9.84 Å². The molecule has 0 radical (unpaired) electrons. The topological polar surface area (TPSA) is 93.0 Å². The summed E-state index contributed by atoms with van der Waals surface area (Å²) in [5.74, 6) is -1.50. The molecule has 0 spiro atoms. The Morgan fingerprint density at radius 2 is 2.20 bits per heavy atom. The van der Waals surface area contributed by atoms with Crippen LogP contribution in [0.5, 0.6) is 0 Å². The molecule has 0 amide bonds. The van der Waals surface area contributed by atoms with Gasteiger partial charge < -0.3 is 9.84 Å². The molecule has 0 atom stereocenters. The lowest BCUT2D eigenvalue weighted by Crippen LogP contribution is -2.10. The molecule has 0 saturated carbocycles. The molecule has 0 saturated heterocycles. The summed E-state index contributed by atoms with van der Waals surface area (Å²) in [7, 11) is -4.01. The van der Waals surface area contributed by atoms with Crippen LogP contribution in [0.2, 0.25) is 0 Å². The summed E-state index contributed by atoms with van der Waals surface area (Å²) in [6.45, 7) is 3.56. The Hall–Kier alpha value is -1.21. The van der Waals surface area contributed by atoms with E-state index in [9.17, 15) is 13.2 Å². The average Bonchev–Trinajstić information content (AvgIpc) is 2.37. The SMILES string of the molecule is CC(C)OCC1=NS(=O)(=O)C(C(=O)O)=C1. The van der Waals surface area contributed by atoms with E-state index in [1.54, 1.807) is 13.8 Å². The molecule has 0 bridgehead atoms. The van der Waals surface area contributed by atoms with Gasteiger partial charge in [0.15, 0.2) is 4.91 Å². The van der Waals surface area contributed by atoms with Crippen LogP contribution < -0.4 is 0 Å².